The molecule has 5 aromatic carbocycles. The second-order valence-electron chi connectivity index (χ2n) is 15.3. The molecule has 3 amide bonds. The van der Waals surface area contributed by atoms with E-state index in [2.05, 4.69) is 10.6 Å². The van der Waals surface area contributed by atoms with Gasteiger partial charge in [0.25, 0.3) is 21.8 Å². The van der Waals surface area contributed by atoms with Crippen LogP contribution in [0.25, 0.3) is 0 Å². The van der Waals surface area contributed by atoms with Crippen LogP contribution in [0.4, 0.5) is 0 Å². The molecule has 0 aromatic heterocycles. The molecular formula is C49H51N3O12S. The number of aliphatic carboxylic acids is 1. The summed E-state index contributed by atoms with van der Waals surface area (Å²) < 4.78 is 36.9. The van der Waals surface area contributed by atoms with Gasteiger partial charge in [-0.25, -0.2) is 22.7 Å². The number of carbonyl (C=O) groups is 7. The van der Waals surface area contributed by atoms with Gasteiger partial charge in [0.2, 0.25) is 11.7 Å². The number of hydrogen-bond acceptors (Lipinski definition) is 11. The third-order valence-corrected chi connectivity index (χ3v) is 11.2. The molecule has 0 aliphatic rings. The predicted molar refractivity (Wildman–Crippen MR) is 241 cm³/mol. The molecule has 0 unspecified atom stereocenters. The van der Waals surface area contributed by atoms with Crippen LogP contribution in [0.5, 0.6) is 0 Å². The van der Waals surface area contributed by atoms with Crippen LogP contribution in [0.2, 0.25) is 0 Å². The highest BCUT2D eigenvalue weighted by atomic mass is 32.2. The summed E-state index contributed by atoms with van der Waals surface area (Å²) in [6.07, 6.45) is 0.114. The standard InChI is InChI=1S/C26H25N3O7S.C23H26O5/c1-17(26(33)34)27-25(32)22(16-18-8-4-2-5-9-18)28-23(30)19-12-14-20(15-13-19)24(31)29-37(35,36)21-10-6-3-7-11-21;1-13-7-15(3)20(16(4)8-13)22(25)27-11-19(24)12-28-23(26)21-17(5)9-14(2)10-18(21)6/h2-15,17,22H,16H2,1H3,(H,27,32)(H,28,30)(H,29,31)(H,33,34);7-10H,11-12H2,1-6H3/t17-,22-;/m0./s1. The average Bonchev–Trinajstić information content (AvgIpc) is 3.24. The van der Waals surface area contributed by atoms with Crippen molar-refractivity contribution in [3.05, 3.63) is 170 Å². The monoisotopic (exact) mass is 905 g/mol. The number of ketones is 1. The van der Waals surface area contributed by atoms with Crippen molar-refractivity contribution in [2.45, 2.75) is 71.9 Å². The smallest absolute Gasteiger partial charge is 0.339 e. The Morgan fingerprint density at radius 1 is 0.585 bits per heavy atom. The minimum atomic E-state index is -4.07. The van der Waals surface area contributed by atoms with Gasteiger partial charge in [-0.2, -0.15) is 0 Å². The van der Waals surface area contributed by atoms with Gasteiger partial charge in [0.15, 0.2) is 13.2 Å². The Labute approximate surface area is 377 Å². The average molecular weight is 906 g/mol. The van der Waals surface area contributed by atoms with Crippen molar-refractivity contribution >= 4 is 51.4 Å². The van der Waals surface area contributed by atoms with Crippen molar-refractivity contribution in [1.82, 2.24) is 15.4 Å². The second kappa shape index (κ2) is 22.8. The number of Topliss-reactive ketones (excluding diaryl/α,β-unsaturated/α-hetero) is 1. The van der Waals surface area contributed by atoms with E-state index in [9.17, 15) is 42.0 Å². The van der Waals surface area contributed by atoms with Crippen LogP contribution in [0.1, 0.15) is 87.3 Å². The number of amides is 3. The topological polar surface area (TPSA) is 228 Å². The number of aryl methyl sites for hydroxylation is 6. The van der Waals surface area contributed by atoms with Gasteiger partial charge in [0, 0.05) is 17.5 Å². The SMILES string of the molecule is C[C@H](NC(=O)[C@H](Cc1ccccc1)NC(=O)c1ccc(C(=O)NS(=O)(=O)c2ccccc2)cc1)C(=O)O.Cc1cc(C)c(C(=O)OCC(=O)COC(=O)c2c(C)cc(C)cc2C)c(C)c1. The molecule has 0 radical (unpaired) electrons. The Kier molecular flexibility index (Phi) is 17.6. The lowest BCUT2D eigenvalue weighted by atomic mass is 10.00. The lowest BCUT2D eigenvalue weighted by Gasteiger charge is -2.20. The fourth-order valence-electron chi connectivity index (χ4n) is 6.77. The third-order valence-electron chi connectivity index (χ3n) is 9.81. The van der Waals surface area contributed by atoms with Crippen molar-refractivity contribution < 1.29 is 56.6 Å². The molecular weight excluding hydrogens is 855 g/mol. The predicted octanol–water partition coefficient (Wildman–Crippen LogP) is 5.86. The number of ether oxygens (including phenoxy) is 2. The van der Waals surface area contributed by atoms with Crippen LogP contribution in [-0.2, 0) is 40.3 Å². The van der Waals surface area contributed by atoms with Crippen molar-refractivity contribution in [3.8, 4) is 0 Å². The summed E-state index contributed by atoms with van der Waals surface area (Å²) in [5, 5.41) is 14.0. The number of carboxylic acids is 1. The van der Waals surface area contributed by atoms with Crippen LogP contribution in [-0.4, -0.2) is 80.2 Å². The molecule has 0 saturated carbocycles. The van der Waals surface area contributed by atoms with Gasteiger partial charge in [-0.15, -0.1) is 0 Å². The van der Waals surface area contributed by atoms with E-state index in [1.807, 2.05) is 70.5 Å². The van der Waals surface area contributed by atoms with E-state index >= 15 is 0 Å². The first-order valence-electron chi connectivity index (χ1n) is 20.3. The number of carbonyl (C=O) groups excluding carboxylic acids is 6. The summed E-state index contributed by atoms with van der Waals surface area (Å²) in [5.41, 5.74) is 7.08. The molecule has 0 saturated heterocycles. The summed E-state index contributed by atoms with van der Waals surface area (Å²) in [7, 11) is -4.07. The Balaban J connectivity index is 0.000000296. The molecule has 0 aliphatic heterocycles. The number of hydrogen-bond donors (Lipinski definition) is 4. The minimum absolute atomic E-state index is 0.00455. The largest absolute Gasteiger partial charge is 0.480 e. The lowest BCUT2D eigenvalue weighted by molar-refractivity contribution is -0.141. The zero-order valence-corrected chi connectivity index (χ0v) is 37.8. The second-order valence-corrected chi connectivity index (χ2v) is 17.0. The molecule has 0 spiro atoms. The molecule has 4 N–H and O–H groups in total. The van der Waals surface area contributed by atoms with Gasteiger partial charge in [-0.3, -0.25) is 24.0 Å². The van der Waals surface area contributed by atoms with Crippen LogP contribution in [0.3, 0.4) is 0 Å². The van der Waals surface area contributed by atoms with E-state index in [1.54, 1.807) is 36.4 Å². The van der Waals surface area contributed by atoms with Crippen molar-refractivity contribution in [2.24, 2.45) is 0 Å². The molecule has 2 atom stereocenters. The van der Waals surface area contributed by atoms with E-state index in [4.69, 9.17) is 14.6 Å². The van der Waals surface area contributed by atoms with Gasteiger partial charge in [-0.05, 0) is 113 Å². The summed E-state index contributed by atoms with van der Waals surface area (Å²) in [6, 6.07) is 26.8. The Hall–Kier alpha value is -7.46. The van der Waals surface area contributed by atoms with E-state index in [-0.39, 0.29) is 22.4 Å². The normalized spacial score (nSPS) is 11.7. The highest BCUT2D eigenvalue weighted by molar-refractivity contribution is 7.90. The Bertz CT molecular complexity index is 2560. The first-order chi connectivity index (χ1) is 30.7. The van der Waals surface area contributed by atoms with E-state index in [0.29, 0.717) is 11.1 Å². The van der Waals surface area contributed by atoms with Gasteiger partial charge in [-0.1, -0.05) is 83.9 Å². The number of rotatable bonds is 16. The molecule has 0 heterocycles. The number of nitrogens with one attached hydrogen (secondary N) is 3. The molecule has 0 fully saturated rings. The van der Waals surface area contributed by atoms with Crippen LogP contribution in [0, 0.1) is 41.5 Å². The minimum Gasteiger partial charge on any atom is -0.480 e. The molecule has 16 heteroatoms. The zero-order valence-electron chi connectivity index (χ0n) is 37.0. The molecule has 0 aliphatic carbocycles. The van der Waals surface area contributed by atoms with Gasteiger partial charge >= 0.3 is 17.9 Å². The molecule has 5 aromatic rings. The van der Waals surface area contributed by atoms with Gasteiger partial charge in [0.1, 0.15) is 12.1 Å². The molecule has 0 bridgehead atoms. The lowest BCUT2D eigenvalue weighted by Crippen LogP contribution is -2.51. The fourth-order valence-corrected chi connectivity index (χ4v) is 7.77. The first-order valence-corrected chi connectivity index (χ1v) is 21.8. The summed E-state index contributed by atoms with van der Waals surface area (Å²) in [5.74, 6) is -5.00. The molecule has 5 rings (SSSR count). The highest BCUT2D eigenvalue weighted by Gasteiger charge is 2.26. The van der Waals surface area contributed by atoms with Crippen LogP contribution >= 0.6 is 0 Å². The molecule has 15 nitrogen and oxygen atoms in total. The fraction of sp³-hybridized carbons (Fsp3) is 0.245. The van der Waals surface area contributed by atoms with Gasteiger partial charge < -0.3 is 25.2 Å². The van der Waals surface area contributed by atoms with Crippen LogP contribution in [0.15, 0.2) is 114 Å². The summed E-state index contributed by atoms with van der Waals surface area (Å²) in [6.45, 7) is 11.6. The quantitative estimate of drug-likeness (QED) is 0.0855. The third kappa shape index (κ3) is 14.5. The molecule has 65 heavy (non-hydrogen) atoms. The van der Waals surface area contributed by atoms with Crippen molar-refractivity contribution in [3.63, 3.8) is 0 Å². The van der Waals surface area contributed by atoms with E-state index in [0.717, 1.165) is 38.9 Å². The maximum absolute atomic E-state index is 12.9. The van der Waals surface area contributed by atoms with Crippen molar-refractivity contribution in [1.29, 1.82) is 0 Å². The Morgan fingerprint density at radius 2 is 1.00 bits per heavy atom. The maximum atomic E-state index is 12.9. The number of esters is 2. The number of benzene rings is 5. The zero-order chi connectivity index (χ0) is 48.0. The van der Waals surface area contributed by atoms with Crippen molar-refractivity contribution in [2.75, 3.05) is 13.2 Å². The highest BCUT2D eigenvalue weighted by Crippen LogP contribution is 2.19. The summed E-state index contributed by atoms with van der Waals surface area (Å²) >= 11 is 0. The van der Waals surface area contributed by atoms with E-state index < -0.39 is 76.7 Å². The first kappa shape index (κ1) is 50.2. The van der Waals surface area contributed by atoms with Gasteiger partial charge in [0.05, 0.1) is 16.0 Å². The molecule has 340 valence electrons. The summed E-state index contributed by atoms with van der Waals surface area (Å²) in [4.78, 5) is 85.7. The van der Waals surface area contributed by atoms with E-state index in [1.165, 1.54) is 55.5 Å². The maximum Gasteiger partial charge on any atom is 0.339 e. The number of carboxylic acid groups (broad SMARTS) is 1. The van der Waals surface area contributed by atoms with Crippen LogP contribution < -0.4 is 15.4 Å². The Morgan fingerprint density at radius 3 is 1.43 bits per heavy atom. The number of sulfonamides is 1.